The molecule has 0 bridgehead atoms. The first-order valence-corrected chi connectivity index (χ1v) is 13.9. The van der Waals surface area contributed by atoms with Gasteiger partial charge in [0.25, 0.3) is 0 Å². The molecule has 0 atom stereocenters. The van der Waals surface area contributed by atoms with Crippen LogP contribution >= 0.6 is 0 Å². The number of halogens is 5. The molecule has 2 aromatic carbocycles. The predicted molar refractivity (Wildman–Crippen MR) is 137 cm³/mol. The van der Waals surface area contributed by atoms with Crippen LogP contribution in [-0.4, -0.2) is 13.2 Å². The highest BCUT2D eigenvalue weighted by molar-refractivity contribution is 5.36. The van der Waals surface area contributed by atoms with Crippen molar-refractivity contribution < 1.29 is 31.4 Å². The van der Waals surface area contributed by atoms with Crippen LogP contribution in [0.3, 0.4) is 0 Å². The summed E-state index contributed by atoms with van der Waals surface area (Å²) in [5.41, 5.74) is 0.413. The van der Waals surface area contributed by atoms with Crippen LogP contribution in [-0.2, 0) is 9.47 Å². The van der Waals surface area contributed by atoms with Crippen molar-refractivity contribution in [3.8, 4) is 6.07 Å². The lowest BCUT2D eigenvalue weighted by atomic mass is 9.76. The highest BCUT2D eigenvalue weighted by atomic mass is 19.2. The van der Waals surface area contributed by atoms with Gasteiger partial charge in [0.2, 0.25) is 0 Å². The minimum atomic E-state index is -1.46. The van der Waals surface area contributed by atoms with Crippen LogP contribution < -0.4 is 0 Å². The van der Waals surface area contributed by atoms with Gasteiger partial charge in [-0.1, -0.05) is 39.5 Å². The zero-order chi connectivity index (χ0) is 28.1. The standard InChI is InChI=1S/C17H21F3O2.C14H15F2N/c1-10-2-4-11(5-3-10)13-8-21-17(22-9-13)12-6-14(18)16(20)15(19)7-12;1-9-2-4-10(5-3-9)11-6-13(15)12(8-17)14(16)7-11/h6-7,10-11,13,17H,2-5,8-9H2,1H3;6-7,9-10H,2-5H2,1H3. The van der Waals surface area contributed by atoms with Crippen molar-refractivity contribution in [1.29, 1.82) is 5.26 Å². The van der Waals surface area contributed by atoms with E-state index in [1.807, 2.05) is 0 Å². The third-order valence-electron chi connectivity index (χ3n) is 8.59. The molecule has 0 N–H and O–H groups in total. The Morgan fingerprint density at radius 3 is 1.59 bits per heavy atom. The molecule has 2 saturated carbocycles. The zero-order valence-corrected chi connectivity index (χ0v) is 22.5. The first-order chi connectivity index (χ1) is 18.7. The summed E-state index contributed by atoms with van der Waals surface area (Å²) in [7, 11) is 0. The van der Waals surface area contributed by atoms with Gasteiger partial charge in [-0.3, -0.25) is 0 Å². The van der Waals surface area contributed by atoms with E-state index in [-0.39, 0.29) is 11.5 Å². The lowest BCUT2D eigenvalue weighted by Gasteiger charge is -2.37. The van der Waals surface area contributed by atoms with Crippen molar-refractivity contribution >= 4 is 0 Å². The van der Waals surface area contributed by atoms with Crippen molar-refractivity contribution in [3.63, 3.8) is 0 Å². The van der Waals surface area contributed by atoms with Crippen molar-refractivity contribution in [1.82, 2.24) is 0 Å². The Balaban J connectivity index is 0.000000187. The van der Waals surface area contributed by atoms with E-state index in [0.717, 1.165) is 43.7 Å². The molecular weight excluding hydrogens is 513 g/mol. The van der Waals surface area contributed by atoms with Crippen LogP contribution in [0.15, 0.2) is 24.3 Å². The topological polar surface area (TPSA) is 42.2 Å². The summed E-state index contributed by atoms with van der Waals surface area (Å²) in [5.74, 6) is -2.70. The molecule has 2 aliphatic carbocycles. The van der Waals surface area contributed by atoms with Gasteiger partial charge in [-0.15, -0.1) is 0 Å². The Morgan fingerprint density at radius 1 is 0.641 bits per heavy atom. The lowest BCUT2D eigenvalue weighted by molar-refractivity contribution is -0.214. The minimum Gasteiger partial charge on any atom is -0.348 e. The second-order valence-corrected chi connectivity index (χ2v) is 11.5. The molecule has 5 rings (SSSR count). The molecule has 3 aliphatic rings. The molecule has 0 amide bonds. The number of ether oxygens (including phenoxy) is 2. The molecule has 2 aromatic rings. The Kier molecular flexibility index (Phi) is 10.0. The fourth-order valence-electron chi connectivity index (χ4n) is 5.98. The van der Waals surface area contributed by atoms with E-state index in [1.165, 1.54) is 37.8 Å². The summed E-state index contributed by atoms with van der Waals surface area (Å²) < 4.78 is 77.7. The summed E-state index contributed by atoms with van der Waals surface area (Å²) >= 11 is 0. The number of hydrogen-bond donors (Lipinski definition) is 0. The first kappa shape index (κ1) is 29.5. The van der Waals surface area contributed by atoms with Gasteiger partial charge in [0.05, 0.1) is 13.2 Å². The molecule has 0 aromatic heterocycles. The fraction of sp³-hybridized carbons (Fsp3) is 0.581. The number of benzene rings is 2. The van der Waals surface area contributed by atoms with E-state index in [9.17, 15) is 22.0 Å². The van der Waals surface area contributed by atoms with Crippen molar-refractivity contribution in [3.05, 3.63) is 70.0 Å². The molecule has 1 aliphatic heterocycles. The average molecular weight is 550 g/mol. The molecule has 0 radical (unpaired) electrons. The Morgan fingerprint density at radius 2 is 1.10 bits per heavy atom. The van der Waals surface area contributed by atoms with Gasteiger partial charge in [0.1, 0.15) is 23.3 Å². The molecule has 1 saturated heterocycles. The van der Waals surface area contributed by atoms with Crippen LogP contribution in [0, 0.1) is 64.1 Å². The van der Waals surface area contributed by atoms with E-state index >= 15 is 0 Å². The minimum absolute atomic E-state index is 0.187. The van der Waals surface area contributed by atoms with E-state index in [0.29, 0.717) is 36.5 Å². The largest absolute Gasteiger partial charge is 0.348 e. The molecule has 39 heavy (non-hydrogen) atoms. The highest BCUT2D eigenvalue weighted by Gasteiger charge is 2.32. The molecule has 0 spiro atoms. The molecule has 0 unspecified atom stereocenters. The van der Waals surface area contributed by atoms with Gasteiger partial charge in [0, 0.05) is 11.5 Å². The summed E-state index contributed by atoms with van der Waals surface area (Å²) in [5, 5.41) is 8.61. The molecule has 1 heterocycles. The van der Waals surface area contributed by atoms with Gasteiger partial charge in [-0.25, -0.2) is 22.0 Å². The molecule has 3 nitrogen and oxygen atoms in total. The van der Waals surface area contributed by atoms with Gasteiger partial charge in [-0.05, 0) is 79.2 Å². The quantitative estimate of drug-likeness (QED) is 0.284. The number of rotatable bonds is 3. The summed E-state index contributed by atoms with van der Waals surface area (Å²) in [6.45, 7) is 5.52. The van der Waals surface area contributed by atoms with E-state index in [1.54, 1.807) is 6.07 Å². The highest BCUT2D eigenvalue weighted by Crippen LogP contribution is 2.38. The van der Waals surface area contributed by atoms with Crippen molar-refractivity contribution in [2.24, 2.45) is 23.7 Å². The normalized spacial score (nSPS) is 29.2. The maximum Gasteiger partial charge on any atom is 0.194 e. The Bertz CT molecular complexity index is 1110. The monoisotopic (exact) mass is 549 g/mol. The van der Waals surface area contributed by atoms with Gasteiger partial charge in [0.15, 0.2) is 23.7 Å². The third kappa shape index (κ3) is 7.37. The summed E-state index contributed by atoms with van der Waals surface area (Å²) in [6, 6.07) is 6.07. The second kappa shape index (κ2) is 13.2. The average Bonchev–Trinajstić information content (AvgIpc) is 2.92. The van der Waals surface area contributed by atoms with E-state index in [4.69, 9.17) is 14.7 Å². The van der Waals surface area contributed by atoms with E-state index in [2.05, 4.69) is 13.8 Å². The van der Waals surface area contributed by atoms with Gasteiger partial charge >= 0.3 is 0 Å². The lowest BCUT2D eigenvalue weighted by Crippen LogP contribution is -2.34. The molecule has 3 fully saturated rings. The maximum atomic E-state index is 13.5. The van der Waals surface area contributed by atoms with Crippen molar-refractivity contribution in [2.75, 3.05) is 13.2 Å². The smallest absolute Gasteiger partial charge is 0.194 e. The number of nitrogens with zero attached hydrogens (tertiary/aromatic N) is 1. The Labute approximate surface area is 227 Å². The van der Waals surface area contributed by atoms with Crippen molar-refractivity contribution in [2.45, 2.75) is 77.4 Å². The number of nitriles is 1. The van der Waals surface area contributed by atoms with Gasteiger partial charge < -0.3 is 9.47 Å². The third-order valence-corrected chi connectivity index (χ3v) is 8.59. The first-order valence-electron chi connectivity index (χ1n) is 13.9. The molecule has 8 heteroatoms. The number of hydrogen-bond acceptors (Lipinski definition) is 3. The maximum absolute atomic E-state index is 13.5. The van der Waals surface area contributed by atoms with Crippen LogP contribution in [0.1, 0.15) is 94.1 Å². The van der Waals surface area contributed by atoms with Crippen LogP contribution in [0.25, 0.3) is 0 Å². The predicted octanol–water partition coefficient (Wildman–Crippen LogP) is 8.72. The van der Waals surface area contributed by atoms with Crippen LogP contribution in [0.5, 0.6) is 0 Å². The van der Waals surface area contributed by atoms with Gasteiger partial charge in [-0.2, -0.15) is 5.26 Å². The second-order valence-electron chi connectivity index (χ2n) is 11.5. The molecular formula is C31H36F5NO2. The fourth-order valence-corrected chi connectivity index (χ4v) is 5.98. The van der Waals surface area contributed by atoms with Crippen LogP contribution in [0.4, 0.5) is 22.0 Å². The summed E-state index contributed by atoms with van der Waals surface area (Å²) in [6.07, 6.45) is 8.19. The van der Waals surface area contributed by atoms with E-state index < -0.39 is 40.9 Å². The Hall–Kier alpha value is -2.50. The zero-order valence-electron chi connectivity index (χ0n) is 22.5. The summed E-state index contributed by atoms with van der Waals surface area (Å²) in [4.78, 5) is 0. The molecule has 212 valence electrons. The SMILES string of the molecule is CC1CCC(C2COC(c3cc(F)c(F)c(F)c3)OC2)CC1.CC1CCC(c2cc(F)c(C#N)c(F)c2)CC1. The van der Waals surface area contributed by atoms with Crippen LogP contribution in [0.2, 0.25) is 0 Å².